The molecule has 0 radical (unpaired) electrons. The van der Waals surface area contributed by atoms with E-state index >= 15 is 0 Å². The van der Waals surface area contributed by atoms with Crippen molar-refractivity contribution in [1.29, 1.82) is 0 Å². The van der Waals surface area contributed by atoms with Crippen molar-refractivity contribution in [2.45, 2.75) is 19.8 Å². The van der Waals surface area contributed by atoms with E-state index in [0.717, 1.165) is 5.56 Å². The topological polar surface area (TPSA) is 46.2 Å². The molecule has 0 spiro atoms. The molecule has 2 aromatic rings. The molecule has 1 heterocycles. The summed E-state index contributed by atoms with van der Waals surface area (Å²) in [4.78, 5) is 24.3. The molecular weight excluding hydrogens is 329 g/mol. The number of rotatable bonds is 5. The maximum absolute atomic E-state index is 11.9. The predicted molar refractivity (Wildman–Crippen MR) is 87.7 cm³/mol. The van der Waals surface area contributed by atoms with Crippen LogP contribution >= 0.6 is 34.5 Å². The Labute approximate surface area is 136 Å². The zero-order chi connectivity index (χ0) is 15.4. The number of ketones is 1. The van der Waals surface area contributed by atoms with Crippen molar-refractivity contribution >= 4 is 51.9 Å². The Morgan fingerprint density at radius 2 is 1.90 bits per heavy atom. The van der Waals surface area contributed by atoms with Crippen LogP contribution in [-0.4, -0.2) is 11.7 Å². The van der Waals surface area contributed by atoms with Gasteiger partial charge in [0.05, 0.1) is 9.21 Å². The van der Waals surface area contributed by atoms with Crippen LogP contribution in [0.3, 0.4) is 0 Å². The van der Waals surface area contributed by atoms with Crippen LogP contribution in [0.15, 0.2) is 30.3 Å². The van der Waals surface area contributed by atoms with Crippen LogP contribution < -0.4 is 5.32 Å². The number of halogens is 2. The molecular formula is C15H13Cl2NO2S. The number of benzene rings is 1. The van der Waals surface area contributed by atoms with Gasteiger partial charge < -0.3 is 5.32 Å². The van der Waals surface area contributed by atoms with Crippen LogP contribution in [0.5, 0.6) is 0 Å². The first-order valence-electron chi connectivity index (χ1n) is 6.30. The van der Waals surface area contributed by atoms with Crippen LogP contribution in [0, 0.1) is 6.92 Å². The number of aryl methyl sites for hydroxylation is 1. The van der Waals surface area contributed by atoms with Gasteiger partial charge >= 0.3 is 0 Å². The summed E-state index contributed by atoms with van der Waals surface area (Å²) < 4.78 is 0.569. The molecule has 0 aliphatic heterocycles. The molecule has 0 aliphatic rings. The van der Waals surface area contributed by atoms with Gasteiger partial charge in [-0.1, -0.05) is 23.2 Å². The van der Waals surface area contributed by atoms with Gasteiger partial charge in [0.2, 0.25) is 5.91 Å². The molecule has 0 saturated heterocycles. The molecule has 0 atom stereocenters. The molecule has 1 aromatic carbocycles. The number of anilines is 1. The highest BCUT2D eigenvalue weighted by Crippen LogP contribution is 2.23. The van der Waals surface area contributed by atoms with Gasteiger partial charge in [-0.25, -0.2) is 0 Å². The van der Waals surface area contributed by atoms with Crippen molar-refractivity contribution in [3.63, 3.8) is 0 Å². The lowest BCUT2D eigenvalue weighted by Crippen LogP contribution is -2.13. The zero-order valence-corrected chi connectivity index (χ0v) is 13.6. The Morgan fingerprint density at radius 1 is 1.14 bits per heavy atom. The number of hydrogen-bond donors (Lipinski definition) is 1. The number of carbonyl (C=O) groups excluding carboxylic acids is 2. The summed E-state index contributed by atoms with van der Waals surface area (Å²) in [5, 5.41) is 3.40. The lowest BCUT2D eigenvalue weighted by molar-refractivity contribution is -0.116. The third-order valence-electron chi connectivity index (χ3n) is 2.89. The SMILES string of the molecule is Cc1cc(Cl)ccc1NC(=O)CCC(=O)c1ccc(Cl)s1. The minimum absolute atomic E-state index is 0.0742. The number of nitrogens with one attached hydrogen (secondary N) is 1. The Kier molecular flexibility index (Phi) is 5.39. The highest BCUT2D eigenvalue weighted by Gasteiger charge is 2.12. The third kappa shape index (κ3) is 4.56. The predicted octanol–water partition coefficient (Wildman–Crippen LogP) is 4.96. The Bertz CT molecular complexity index is 682. The summed E-state index contributed by atoms with van der Waals surface area (Å²) in [6, 6.07) is 8.59. The summed E-state index contributed by atoms with van der Waals surface area (Å²) in [7, 11) is 0. The van der Waals surface area contributed by atoms with Crippen molar-refractivity contribution in [2.24, 2.45) is 0 Å². The molecule has 3 nitrogen and oxygen atoms in total. The first-order valence-corrected chi connectivity index (χ1v) is 7.87. The van der Waals surface area contributed by atoms with Crippen LogP contribution in [0.1, 0.15) is 28.1 Å². The third-order valence-corrected chi connectivity index (χ3v) is 4.40. The maximum atomic E-state index is 11.9. The molecule has 0 saturated carbocycles. The van der Waals surface area contributed by atoms with E-state index in [1.807, 2.05) is 6.92 Å². The van der Waals surface area contributed by atoms with Crippen molar-refractivity contribution < 1.29 is 9.59 Å². The number of carbonyl (C=O) groups is 2. The summed E-state index contributed by atoms with van der Waals surface area (Å²) in [5.41, 5.74) is 1.59. The van der Waals surface area contributed by atoms with E-state index in [4.69, 9.17) is 23.2 Å². The molecule has 1 aromatic heterocycles. The Morgan fingerprint density at radius 3 is 2.52 bits per heavy atom. The Hall–Kier alpha value is -1.36. The standard InChI is InChI=1S/C15H13Cl2NO2S/c1-9-8-10(16)2-3-11(9)18-15(20)7-4-12(19)13-5-6-14(17)21-13/h2-3,5-6,8H,4,7H2,1H3,(H,18,20). The van der Waals surface area contributed by atoms with Crippen LogP contribution in [0.4, 0.5) is 5.69 Å². The van der Waals surface area contributed by atoms with Gasteiger partial charge in [0, 0.05) is 23.6 Å². The van der Waals surface area contributed by atoms with Crippen molar-refractivity contribution in [3.05, 3.63) is 50.1 Å². The van der Waals surface area contributed by atoms with Crippen LogP contribution in [0.25, 0.3) is 0 Å². The van der Waals surface area contributed by atoms with Gasteiger partial charge in [0.1, 0.15) is 0 Å². The van der Waals surface area contributed by atoms with E-state index < -0.39 is 0 Å². The lowest BCUT2D eigenvalue weighted by atomic mass is 10.1. The average Bonchev–Trinajstić information content (AvgIpc) is 2.86. The van der Waals surface area contributed by atoms with E-state index in [9.17, 15) is 9.59 Å². The zero-order valence-electron chi connectivity index (χ0n) is 11.3. The summed E-state index contributed by atoms with van der Waals surface area (Å²) in [6.07, 6.45) is 0.297. The van der Waals surface area contributed by atoms with Crippen LogP contribution in [-0.2, 0) is 4.79 Å². The molecule has 21 heavy (non-hydrogen) atoms. The molecule has 0 unspecified atom stereocenters. The minimum Gasteiger partial charge on any atom is -0.326 e. The fourth-order valence-electron chi connectivity index (χ4n) is 1.79. The number of thiophene rings is 1. The summed E-state index contributed by atoms with van der Waals surface area (Å²) in [5.74, 6) is -0.272. The highest BCUT2D eigenvalue weighted by atomic mass is 35.5. The van der Waals surface area contributed by atoms with Crippen molar-refractivity contribution in [3.8, 4) is 0 Å². The second-order valence-electron chi connectivity index (χ2n) is 4.53. The van der Waals surface area contributed by atoms with Gasteiger partial charge in [-0.05, 0) is 42.8 Å². The maximum Gasteiger partial charge on any atom is 0.224 e. The molecule has 6 heteroatoms. The summed E-state index contributed by atoms with van der Waals surface area (Å²) >= 11 is 12.9. The molecule has 1 amide bonds. The number of hydrogen-bond acceptors (Lipinski definition) is 3. The second-order valence-corrected chi connectivity index (χ2v) is 6.69. The molecule has 110 valence electrons. The van der Waals surface area contributed by atoms with Crippen molar-refractivity contribution in [2.75, 3.05) is 5.32 Å². The lowest BCUT2D eigenvalue weighted by Gasteiger charge is -2.08. The normalized spacial score (nSPS) is 10.4. The first kappa shape index (κ1) is 16.0. The highest BCUT2D eigenvalue weighted by molar-refractivity contribution is 7.18. The van der Waals surface area contributed by atoms with Gasteiger partial charge in [0.25, 0.3) is 0 Å². The summed E-state index contributed by atoms with van der Waals surface area (Å²) in [6.45, 7) is 1.86. The molecule has 0 fully saturated rings. The fraction of sp³-hybridized carbons (Fsp3) is 0.200. The fourth-order valence-corrected chi connectivity index (χ4v) is 3.03. The van der Waals surface area contributed by atoms with E-state index in [1.165, 1.54) is 11.3 Å². The van der Waals surface area contributed by atoms with E-state index in [0.29, 0.717) is 19.9 Å². The van der Waals surface area contributed by atoms with Gasteiger partial charge in [-0.2, -0.15) is 0 Å². The minimum atomic E-state index is -0.198. The second kappa shape index (κ2) is 7.07. The van der Waals surface area contributed by atoms with Crippen molar-refractivity contribution in [1.82, 2.24) is 0 Å². The van der Waals surface area contributed by atoms with E-state index in [-0.39, 0.29) is 24.5 Å². The van der Waals surface area contributed by atoms with E-state index in [2.05, 4.69) is 5.32 Å². The smallest absolute Gasteiger partial charge is 0.224 e. The monoisotopic (exact) mass is 341 g/mol. The number of Topliss-reactive ketones (excluding diaryl/α,β-unsaturated/α-hetero) is 1. The molecule has 2 rings (SSSR count). The largest absolute Gasteiger partial charge is 0.326 e. The first-order chi connectivity index (χ1) is 9.95. The quantitative estimate of drug-likeness (QED) is 0.780. The van der Waals surface area contributed by atoms with Gasteiger partial charge in [-0.3, -0.25) is 9.59 Å². The average molecular weight is 342 g/mol. The molecule has 1 N–H and O–H groups in total. The van der Waals surface area contributed by atoms with Crippen LogP contribution in [0.2, 0.25) is 9.36 Å². The number of amides is 1. The van der Waals surface area contributed by atoms with E-state index in [1.54, 1.807) is 30.3 Å². The molecule has 0 bridgehead atoms. The van der Waals surface area contributed by atoms with Gasteiger partial charge in [-0.15, -0.1) is 11.3 Å². The molecule has 0 aliphatic carbocycles. The van der Waals surface area contributed by atoms with Gasteiger partial charge in [0.15, 0.2) is 5.78 Å². The Balaban J connectivity index is 1.89.